The van der Waals surface area contributed by atoms with E-state index in [-0.39, 0.29) is 11.6 Å². The third kappa shape index (κ3) is 4.03. The van der Waals surface area contributed by atoms with Gasteiger partial charge in [-0.3, -0.25) is 4.79 Å². The Labute approximate surface area is 169 Å². The fraction of sp³-hybridized carbons (Fsp3) is 0.273. The van der Waals surface area contributed by atoms with Crippen LogP contribution in [0.2, 0.25) is 0 Å². The minimum Gasteiger partial charge on any atom is -0.497 e. The van der Waals surface area contributed by atoms with Crippen molar-refractivity contribution in [1.29, 1.82) is 0 Å². The van der Waals surface area contributed by atoms with Gasteiger partial charge in [-0.25, -0.2) is 4.79 Å². The second kappa shape index (κ2) is 8.26. The maximum atomic E-state index is 12.4. The van der Waals surface area contributed by atoms with Crippen LogP contribution in [0.5, 0.6) is 5.75 Å². The summed E-state index contributed by atoms with van der Waals surface area (Å²) in [6.45, 7) is 1.77. The zero-order valence-corrected chi connectivity index (χ0v) is 17.2. The average Bonchev–Trinajstić information content (AvgIpc) is 3.10. The molecule has 0 saturated carbocycles. The highest BCUT2D eigenvalue weighted by Gasteiger charge is 2.25. The summed E-state index contributed by atoms with van der Waals surface area (Å²) >= 11 is 0. The van der Waals surface area contributed by atoms with Crippen LogP contribution in [-0.2, 0) is 18.8 Å². The summed E-state index contributed by atoms with van der Waals surface area (Å²) in [4.78, 5) is 24.5. The number of hydrogen-bond donors (Lipinski definition) is 1. The smallest absolute Gasteiger partial charge is 0.339 e. The monoisotopic (exact) mass is 395 g/mol. The lowest BCUT2D eigenvalue weighted by molar-refractivity contribution is 0.0599. The number of carbonyl (C=O) groups is 1. The Balaban J connectivity index is 2.17. The number of benzene rings is 1. The van der Waals surface area contributed by atoms with Gasteiger partial charge in [-0.1, -0.05) is 12.1 Å². The number of hydrogen-bond acceptors (Lipinski definition) is 5. The number of rotatable bonds is 6. The second-order valence-electron chi connectivity index (χ2n) is 6.90. The number of nitrogens with one attached hydrogen (secondary N) is 1. The van der Waals surface area contributed by atoms with Gasteiger partial charge in [0.1, 0.15) is 5.75 Å². The molecule has 2 heterocycles. The zero-order valence-electron chi connectivity index (χ0n) is 17.2. The van der Waals surface area contributed by atoms with Crippen molar-refractivity contribution >= 4 is 11.7 Å². The van der Waals surface area contributed by atoms with Crippen LogP contribution in [0.1, 0.15) is 33.2 Å². The van der Waals surface area contributed by atoms with Crippen molar-refractivity contribution in [1.82, 2.24) is 9.13 Å². The fourth-order valence-electron chi connectivity index (χ4n) is 3.44. The lowest BCUT2D eigenvalue weighted by Crippen LogP contribution is -2.22. The molecule has 0 bridgehead atoms. The van der Waals surface area contributed by atoms with E-state index in [0.717, 1.165) is 16.9 Å². The molecule has 152 valence electrons. The van der Waals surface area contributed by atoms with E-state index in [4.69, 9.17) is 9.47 Å². The number of carbonyl (C=O) groups excluding carboxylic acids is 1. The summed E-state index contributed by atoms with van der Waals surface area (Å²) in [5.74, 6) is 0.298. The molecule has 29 heavy (non-hydrogen) atoms. The maximum Gasteiger partial charge on any atom is 0.339 e. The van der Waals surface area contributed by atoms with Gasteiger partial charge >= 0.3 is 5.97 Å². The van der Waals surface area contributed by atoms with Crippen molar-refractivity contribution in [3.63, 3.8) is 0 Å². The molecule has 2 aromatic heterocycles. The van der Waals surface area contributed by atoms with Crippen LogP contribution >= 0.6 is 0 Å². The molecule has 0 fully saturated rings. The second-order valence-corrected chi connectivity index (χ2v) is 6.90. The predicted molar refractivity (Wildman–Crippen MR) is 112 cm³/mol. The van der Waals surface area contributed by atoms with Gasteiger partial charge in [0.25, 0.3) is 5.56 Å². The van der Waals surface area contributed by atoms with E-state index in [1.165, 1.54) is 11.7 Å². The lowest BCUT2D eigenvalue weighted by atomic mass is 9.99. The molecule has 1 N–H and O–H groups in total. The molecule has 1 unspecified atom stereocenters. The van der Waals surface area contributed by atoms with Crippen molar-refractivity contribution in [2.24, 2.45) is 14.1 Å². The Hall–Kier alpha value is -3.48. The molecule has 0 aliphatic heterocycles. The normalized spacial score (nSPS) is 11.8. The van der Waals surface area contributed by atoms with Crippen LogP contribution < -0.4 is 15.6 Å². The highest BCUT2D eigenvalue weighted by Crippen LogP contribution is 2.31. The summed E-state index contributed by atoms with van der Waals surface area (Å²) in [6.07, 6.45) is 3.56. The minimum absolute atomic E-state index is 0.0532. The van der Waals surface area contributed by atoms with Crippen LogP contribution in [0.15, 0.2) is 53.6 Å². The molecule has 7 nitrogen and oxygen atoms in total. The first-order valence-electron chi connectivity index (χ1n) is 9.17. The minimum atomic E-state index is -0.410. The maximum absolute atomic E-state index is 12.4. The molecule has 0 radical (unpaired) electrons. The standard InChI is InChI=1S/C22H25N3O4/c1-14-11-16(13-25(3)21(14)26)23-19(15-7-6-8-17(12-15)28-4)20-18(22(27)29-5)9-10-24(20)2/h6-13,19,23H,1-5H3. The average molecular weight is 395 g/mol. The number of ether oxygens (including phenoxy) is 2. The van der Waals surface area contributed by atoms with E-state index < -0.39 is 5.97 Å². The molecule has 3 aromatic rings. The first-order chi connectivity index (χ1) is 13.8. The highest BCUT2D eigenvalue weighted by molar-refractivity contribution is 5.91. The number of pyridine rings is 1. The van der Waals surface area contributed by atoms with Crippen LogP contribution in [0, 0.1) is 6.92 Å². The van der Waals surface area contributed by atoms with Gasteiger partial charge in [0.15, 0.2) is 0 Å². The zero-order chi connectivity index (χ0) is 21.1. The Bertz CT molecular complexity index is 1070. The van der Waals surface area contributed by atoms with E-state index in [9.17, 15) is 9.59 Å². The van der Waals surface area contributed by atoms with Gasteiger partial charge in [-0.2, -0.15) is 0 Å². The Morgan fingerprint density at radius 1 is 1.10 bits per heavy atom. The van der Waals surface area contributed by atoms with Gasteiger partial charge in [-0.05, 0) is 36.8 Å². The van der Waals surface area contributed by atoms with Gasteiger partial charge in [-0.15, -0.1) is 0 Å². The third-order valence-electron chi connectivity index (χ3n) is 4.90. The van der Waals surface area contributed by atoms with Crippen molar-refractivity contribution in [2.45, 2.75) is 13.0 Å². The first kappa shape index (κ1) is 20.3. The topological polar surface area (TPSA) is 74.5 Å². The molecule has 0 aliphatic carbocycles. The van der Waals surface area contributed by atoms with Crippen LogP contribution in [0.4, 0.5) is 5.69 Å². The SMILES string of the molecule is COC(=O)c1ccn(C)c1C(Nc1cc(C)c(=O)n(C)c1)c1cccc(OC)c1. The first-order valence-corrected chi connectivity index (χ1v) is 9.17. The Morgan fingerprint density at radius 3 is 2.52 bits per heavy atom. The van der Waals surface area contributed by atoms with Crippen molar-refractivity contribution in [2.75, 3.05) is 19.5 Å². The van der Waals surface area contributed by atoms with Crippen LogP contribution in [-0.4, -0.2) is 29.3 Å². The summed E-state index contributed by atoms with van der Waals surface area (Å²) in [5.41, 5.74) is 3.45. The van der Waals surface area contributed by atoms with Crippen LogP contribution in [0.3, 0.4) is 0 Å². The van der Waals surface area contributed by atoms with E-state index in [1.807, 2.05) is 42.1 Å². The molecule has 3 rings (SSSR count). The van der Waals surface area contributed by atoms with Gasteiger partial charge in [0, 0.05) is 32.1 Å². The molecular weight excluding hydrogens is 370 g/mol. The third-order valence-corrected chi connectivity index (χ3v) is 4.90. The Kier molecular flexibility index (Phi) is 5.77. The molecule has 0 saturated heterocycles. The summed E-state index contributed by atoms with van der Waals surface area (Å²) in [7, 11) is 6.57. The van der Waals surface area contributed by atoms with E-state index in [0.29, 0.717) is 16.9 Å². The molecule has 0 amide bonds. The lowest BCUT2D eigenvalue weighted by Gasteiger charge is -2.24. The largest absolute Gasteiger partial charge is 0.497 e. The molecule has 1 atom stereocenters. The number of anilines is 1. The number of esters is 1. The predicted octanol–water partition coefficient (Wildman–Crippen LogP) is 3.03. The van der Waals surface area contributed by atoms with E-state index in [1.54, 1.807) is 39.4 Å². The summed E-state index contributed by atoms with van der Waals surface area (Å²) in [5, 5.41) is 3.47. The number of nitrogens with zero attached hydrogens (tertiary/aromatic N) is 2. The van der Waals surface area contributed by atoms with Crippen molar-refractivity contribution in [3.8, 4) is 5.75 Å². The van der Waals surface area contributed by atoms with Crippen LogP contribution in [0.25, 0.3) is 0 Å². The van der Waals surface area contributed by atoms with Gasteiger partial charge < -0.3 is 23.9 Å². The van der Waals surface area contributed by atoms with Gasteiger partial charge in [0.05, 0.1) is 37.2 Å². The molecule has 7 heteroatoms. The van der Waals surface area contributed by atoms with E-state index in [2.05, 4.69) is 5.32 Å². The van der Waals surface area contributed by atoms with Crippen molar-refractivity contribution < 1.29 is 14.3 Å². The molecule has 0 spiro atoms. The van der Waals surface area contributed by atoms with E-state index >= 15 is 0 Å². The summed E-state index contributed by atoms with van der Waals surface area (Å²) in [6, 6.07) is 10.8. The molecule has 0 aliphatic rings. The van der Waals surface area contributed by atoms with Crippen molar-refractivity contribution in [3.05, 3.63) is 81.5 Å². The fourth-order valence-corrected chi connectivity index (χ4v) is 3.44. The summed E-state index contributed by atoms with van der Waals surface area (Å²) < 4.78 is 13.8. The molecular formula is C22H25N3O4. The molecule has 1 aromatic carbocycles. The number of methoxy groups -OCH3 is 2. The number of aryl methyl sites for hydroxylation is 3. The Morgan fingerprint density at radius 2 is 1.86 bits per heavy atom. The highest BCUT2D eigenvalue weighted by atomic mass is 16.5. The quantitative estimate of drug-likeness (QED) is 0.650. The van der Waals surface area contributed by atoms with Gasteiger partial charge in [0.2, 0.25) is 0 Å². The number of aromatic nitrogens is 2.